The van der Waals surface area contributed by atoms with Gasteiger partial charge in [0.25, 0.3) is 5.91 Å². The van der Waals surface area contributed by atoms with Gasteiger partial charge in [-0.05, 0) is 12.1 Å². The quantitative estimate of drug-likeness (QED) is 0.826. The SMILES string of the molecule is COc1cc(-c2nc(N)nc3c2CN(CC(N)=O)C3=O)c(Cl)cc1Cl. The predicted octanol–water partition coefficient (Wildman–Crippen LogP) is 1.48. The number of nitrogens with two attached hydrogens (primary N) is 2. The lowest BCUT2D eigenvalue weighted by Gasteiger charge is -2.13. The topological polar surface area (TPSA) is 124 Å². The number of amides is 2. The smallest absolute Gasteiger partial charge is 0.273 e. The number of carbonyl (C=O) groups is 2. The van der Waals surface area contributed by atoms with Crippen molar-refractivity contribution in [3.8, 4) is 17.0 Å². The van der Waals surface area contributed by atoms with Crippen LogP contribution in [0.2, 0.25) is 10.0 Å². The summed E-state index contributed by atoms with van der Waals surface area (Å²) in [5, 5.41) is 0.647. The molecule has 0 atom stereocenters. The summed E-state index contributed by atoms with van der Waals surface area (Å²) >= 11 is 12.4. The molecule has 0 saturated heterocycles. The summed E-state index contributed by atoms with van der Waals surface area (Å²) in [7, 11) is 1.47. The van der Waals surface area contributed by atoms with Gasteiger partial charge in [-0.25, -0.2) is 9.97 Å². The molecule has 8 nitrogen and oxygen atoms in total. The molecule has 2 aromatic rings. The molecule has 0 bridgehead atoms. The summed E-state index contributed by atoms with van der Waals surface area (Å²) in [5.41, 5.74) is 12.4. The molecule has 0 saturated carbocycles. The van der Waals surface area contributed by atoms with Crippen molar-refractivity contribution in [1.82, 2.24) is 14.9 Å². The number of hydrogen-bond donors (Lipinski definition) is 2. The lowest BCUT2D eigenvalue weighted by atomic mass is 10.1. The minimum atomic E-state index is -0.630. The number of rotatable bonds is 4. The lowest BCUT2D eigenvalue weighted by Crippen LogP contribution is -2.34. The summed E-state index contributed by atoms with van der Waals surface area (Å²) < 4.78 is 5.20. The number of ether oxygens (including phenoxy) is 1. The molecule has 2 amide bonds. The van der Waals surface area contributed by atoms with Crippen LogP contribution in [0.1, 0.15) is 16.1 Å². The lowest BCUT2D eigenvalue weighted by molar-refractivity contribution is -0.118. The Hall–Kier alpha value is -2.58. The standard InChI is InChI=1S/C15H13Cl2N5O3/c1-25-10-2-6(8(16)3-9(10)17)12-7-4-22(5-11(18)23)14(24)13(7)21-15(19)20-12/h2-3H,4-5H2,1H3,(H2,18,23)(H2,19,20,21). The van der Waals surface area contributed by atoms with Gasteiger partial charge in [-0.3, -0.25) is 9.59 Å². The molecule has 3 rings (SSSR count). The van der Waals surface area contributed by atoms with Crippen LogP contribution >= 0.6 is 23.2 Å². The molecule has 1 aliphatic rings. The van der Waals surface area contributed by atoms with Crippen molar-refractivity contribution in [3.05, 3.63) is 33.4 Å². The maximum absolute atomic E-state index is 12.4. The van der Waals surface area contributed by atoms with Crippen LogP contribution in [-0.2, 0) is 11.3 Å². The first kappa shape index (κ1) is 17.2. The normalized spacial score (nSPS) is 13.1. The van der Waals surface area contributed by atoms with Crippen LogP contribution in [0.5, 0.6) is 5.75 Å². The first-order chi connectivity index (χ1) is 11.8. The third-order valence-electron chi connectivity index (χ3n) is 3.71. The molecule has 2 heterocycles. The number of primary amides is 1. The third kappa shape index (κ3) is 3.06. The van der Waals surface area contributed by atoms with Gasteiger partial charge >= 0.3 is 0 Å². The van der Waals surface area contributed by atoms with E-state index in [0.29, 0.717) is 32.6 Å². The summed E-state index contributed by atoms with van der Waals surface area (Å²) in [5.74, 6) is -0.769. The van der Waals surface area contributed by atoms with Gasteiger partial charge in [0.2, 0.25) is 11.9 Å². The fourth-order valence-electron chi connectivity index (χ4n) is 2.65. The summed E-state index contributed by atoms with van der Waals surface area (Å²) in [6.07, 6.45) is 0. The van der Waals surface area contributed by atoms with E-state index in [1.54, 1.807) is 6.07 Å². The predicted molar refractivity (Wildman–Crippen MR) is 92.4 cm³/mol. The van der Waals surface area contributed by atoms with Crippen molar-refractivity contribution >= 4 is 41.0 Å². The molecular weight excluding hydrogens is 369 g/mol. The Morgan fingerprint density at radius 3 is 2.60 bits per heavy atom. The van der Waals surface area contributed by atoms with Crippen molar-refractivity contribution in [3.63, 3.8) is 0 Å². The van der Waals surface area contributed by atoms with Gasteiger partial charge in [-0.1, -0.05) is 23.2 Å². The number of aromatic nitrogens is 2. The molecule has 1 aromatic carbocycles. The molecule has 25 heavy (non-hydrogen) atoms. The van der Waals surface area contributed by atoms with Crippen molar-refractivity contribution in [2.24, 2.45) is 5.73 Å². The summed E-state index contributed by atoms with van der Waals surface area (Å²) in [6.45, 7) is -0.111. The third-order valence-corrected chi connectivity index (χ3v) is 4.31. The molecule has 0 spiro atoms. The van der Waals surface area contributed by atoms with Crippen molar-refractivity contribution in [2.45, 2.75) is 6.54 Å². The van der Waals surface area contributed by atoms with Gasteiger partial charge in [0.05, 0.1) is 29.4 Å². The van der Waals surface area contributed by atoms with Crippen LogP contribution in [0.3, 0.4) is 0 Å². The molecule has 1 aliphatic heterocycles. The van der Waals surface area contributed by atoms with Gasteiger partial charge in [0.15, 0.2) is 0 Å². The average molecular weight is 382 g/mol. The largest absolute Gasteiger partial charge is 0.495 e. The number of nitrogens with zero attached hydrogens (tertiary/aromatic N) is 3. The van der Waals surface area contributed by atoms with Crippen molar-refractivity contribution in [1.29, 1.82) is 0 Å². The van der Waals surface area contributed by atoms with E-state index in [1.165, 1.54) is 18.1 Å². The molecule has 0 unspecified atom stereocenters. The van der Waals surface area contributed by atoms with Crippen LogP contribution < -0.4 is 16.2 Å². The molecule has 10 heteroatoms. The fourth-order valence-corrected chi connectivity index (χ4v) is 3.20. The number of methoxy groups -OCH3 is 1. The van der Waals surface area contributed by atoms with Gasteiger partial charge in [-0.15, -0.1) is 0 Å². The number of nitrogen functional groups attached to an aromatic ring is 1. The van der Waals surface area contributed by atoms with Gasteiger partial charge in [0, 0.05) is 11.1 Å². The van der Waals surface area contributed by atoms with Crippen LogP contribution in [-0.4, -0.2) is 40.3 Å². The van der Waals surface area contributed by atoms with Gasteiger partial charge < -0.3 is 21.1 Å². The van der Waals surface area contributed by atoms with Crippen LogP contribution in [0.25, 0.3) is 11.3 Å². The molecule has 4 N–H and O–H groups in total. The second-order valence-electron chi connectivity index (χ2n) is 5.35. The molecule has 1 aromatic heterocycles. The Balaban J connectivity index is 2.17. The Kier molecular flexibility index (Phi) is 4.40. The Bertz CT molecular complexity index is 903. The summed E-state index contributed by atoms with van der Waals surface area (Å²) in [4.78, 5) is 33.1. The maximum Gasteiger partial charge on any atom is 0.273 e. The van der Waals surface area contributed by atoms with E-state index in [0.717, 1.165) is 0 Å². The van der Waals surface area contributed by atoms with Crippen LogP contribution in [0, 0.1) is 0 Å². The minimum absolute atomic E-state index is 0.0898. The number of hydrogen-bond acceptors (Lipinski definition) is 6. The van der Waals surface area contributed by atoms with Gasteiger partial charge in [-0.2, -0.15) is 0 Å². The van der Waals surface area contributed by atoms with E-state index in [9.17, 15) is 9.59 Å². The van der Waals surface area contributed by atoms with Crippen molar-refractivity contribution in [2.75, 3.05) is 19.4 Å². The van der Waals surface area contributed by atoms with Crippen molar-refractivity contribution < 1.29 is 14.3 Å². The Labute approximate surface area is 152 Å². The van der Waals surface area contributed by atoms with E-state index >= 15 is 0 Å². The minimum Gasteiger partial charge on any atom is -0.495 e. The molecule has 0 radical (unpaired) electrons. The Morgan fingerprint density at radius 1 is 1.28 bits per heavy atom. The highest BCUT2D eigenvalue weighted by atomic mass is 35.5. The zero-order valence-corrected chi connectivity index (χ0v) is 14.6. The highest BCUT2D eigenvalue weighted by Gasteiger charge is 2.34. The molecule has 0 fully saturated rings. The number of anilines is 1. The number of carbonyl (C=O) groups excluding carboxylic acids is 2. The Morgan fingerprint density at radius 2 is 1.96 bits per heavy atom. The molecule has 130 valence electrons. The average Bonchev–Trinajstić information content (AvgIpc) is 2.83. The van der Waals surface area contributed by atoms with E-state index in [-0.39, 0.29) is 24.7 Å². The van der Waals surface area contributed by atoms with E-state index in [1.807, 2.05) is 0 Å². The number of fused-ring (bicyclic) bond motifs is 1. The zero-order chi connectivity index (χ0) is 18.3. The zero-order valence-electron chi connectivity index (χ0n) is 13.0. The number of benzene rings is 1. The maximum atomic E-state index is 12.4. The monoisotopic (exact) mass is 381 g/mol. The van der Waals surface area contributed by atoms with Gasteiger partial charge in [0.1, 0.15) is 18.0 Å². The first-order valence-electron chi connectivity index (χ1n) is 7.09. The fraction of sp³-hybridized carbons (Fsp3) is 0.200. The van der Waals surface area contributed by atoms with E-state index < -0.39 is 11.8 Å². The second-order valence-corrected chi connectivity index (χ2v) is 6.17. The second kappa shape index (κ2) is 6.38. The van der Waals surface area contributed by atoms with Crippen LogP contribution in [0.15, 0.2) is 12.1 Å². The molecular formula is C15H13Cl2N5O3. The van der Waals surface area contributed by atoms with E-state index in [2.05, 4.69) is 9.97 Å². The van der Waals surface area contributed by atoms with Crippen LogP contribution in [0.4, 0.5) is 5.95 Å². The highest BCUT2D eigenvalue weighted by Crippen LogP contribution is 2.39. The number of halogens is 2. The van der Waals surface area contributed by atoms with E-state index in [4.69, 9.17) is 39.4 Å². The highest BCUT2D eigenvalue weighted by molar-refractivity contribution is 6.37. The summed E-state index contributed by atoms with van der Waals surface area (Å²) in [6, 6.07) is 3.12. The molecule has 0 aliphatic carbocycles. The first-order valence-corrected chi connectivity index (χ1v) is 7.84.